The molecule has 3 heterocycles. The molecule has 1 saturated heterocycles. The third kappa shape index (κ3) is 4.96. The van der Waals surface area contributed by atoms with Crippen LogP contribution in [0.25, 0.3) is 11.6 Å². The van der Waals surface area contributed by atoms with Crippen molar-refractivity contribution in [3.63, 3.8) is 0 Å². The van der Waals surface area contributed by atoms with E-state index in [4.69, 9.17) is 4.42 Å². The van der Waals surface area contributed by atoms with E-state index in [-0.39, 0.29) is 0 Å². The first-order valence-electron chi connectivity index (χ1n) is 10.0. The van der Waals surface area contributed by atoms with Gasteiger partial charge in [0.05, 0.1) is 6.26 Å². The number of aromatic nitrogens is 3. The number of benzene rings is 1. The van der Waals surface area contributed by atoms with Crippen molar-refractivity contribution in [2.45, 2.75) is 25.3 Å². The van der Waals surface area contributed by atoms with Gasteiger partial charge in [0.2, 0.25) is 5.82 Å². The second kappa shape index (κ2) is 9.27. The zero-order chi connectivity index (χ0) is 19.9. The Hall–Kier alpha value is -3.29. The molecule has 8 nitrogen and oxygen atoms in total. The lowest BCUT2D eigenvalue weighted by molar-refractivity contribution is 0.468. The summed E-state index contributed by atoms with van der Waals surface area (Å²) >= 11 is 0. The van der Waals surface area contributed by atoms with E-state index in [2.05, 4.69) is 66.0 Å². The van der Waals surface area contributed by atoms with Crippen LogP contribution in [0.5, 0.6) is 0 Å². The number of aliphatic imine (C=N–C) groups is 1. The fourth-order valence-electron chi connectivity index (χ4n) is 3.58. The summed E-state index contributed by atoms with van der Waals surface area (Å²) in [4.78, 5) is 11.3. The Morgan fingerprint density at radius 2 is 2.17 bits per heavy atom. The largest absolute Gasteiger partial charge is 0.461 e. The van der Waals surface area contributed by atoms with Crippen LogP contribution in [0, 0.1) is 0 Å². The van der Waals surface area contributed by atoms with E-state index in [1.807, 2.05) is 12.1 Å². The smallest absolute Gasteiger partial charge is 0.216 e. The summed E-state index contributed by atoms with van der Waals surface area (Å²) in [5, 5.41) is 14.1. The van der Waals surface area contributed by atoms with Crippen LogP contribution >= 0.6 is 0 Å². The molecule has 152 valence electrons. The standard InChI is InChI=1S/C21H27N7O/c1-22-21(23-12-11-19-25-20(27-26-19)18-10-6-14-29-18)24-16-7-5-13-28(15-16)17-8-3-2-4-9-17/h2-4,6,8-10,14,16H,5,7,11-13,15H2,1H3,(H2,22,23,24)(H,25,26,27). The summed E-state index contributed by atoms with van der Waals surface area (Å²) in [6.07, 6.45) is 4.64. The van der Waals surface area contributed by atoms with Gasteiger partial charge in [-0.2, -0.15) is 5.10 Å². The number of nitrogens with zero attached hydrogens (tertiary/aromatic N) is 4. The Kier molecular flexibility index (Phi) is 6.09. The highest BCUT2D eigenvalue weighted by Crippen LogP contribution is 2.19. The summed E-state index contributed by atoms with van der Waals surface area (Å²) < 4.78 is 5.32. The van der Waals surface area contributed by atoms with Crippen molar-refractivity contribution in [1.29, 1.82) is 0 Å². The number of hydrogen-bond acceptors (Lipinski definition) is 5. The molecule has 1 aliphatic rings. The van der Waals surface area contributed by atoms with Gasteiger partial charge in [-0.05, 0) is 37.1 Å². The molecule has 0 amide bonds. The molecule has 0 spiro atoms. The van der Waals surface area contributed by atoms with Crippen molar-refractivity contribution >= 4 is 11.6 Å². The molecule has 29 heavy (non-hydrogen) atoms. The minimum absolute atomic E-state index is 0.367. The number of anilines is 1. The van der Waals surface area contributed by atoms with Crippen LogP contribution in [0.2, 0.25) is 0 Å². The molecule has 1 aromatic carbocycles. The average molecular weight is 393 g/mol. The van der Waals surface area contributed by atoms with Gasteiger partial charge in [0.15, 0.2) is 11.7 Å². The third-order valence-corrected chi connectivity index (χ3v) is 5.03. The Balaban J connectivity index is 1.25. The van der Waals surface area contributed by atoms with Crippen LogP contribution in [0.4, 0.5) is 5.69 Å². The highest BCUT2D eigenvalue weighted by Gasteiger charge is 2.20. The fraction of sp³-hybridized carbons (Fsp3) is 0.381. The molecule has 1 fully saturated rings. The molecule has 1 aliphatic heterocycles. The molecule has 4 rings (SSSR count). The Labute approximate surface area is 170 Å². The SMILES string of the molecule is CN=C(NCCc1nc(-c2ccco2)n[nH]1)NC1CCCN(c2ccccc2)C1. The maximum atomic E-state index is 5.32. The van der Waals surface area contributed by atoms with Gasteiger partial charge in [0.1, 0.15) is 5.82 Å². The summed E-state index contributed by atoms with van der Waals surface area (Å²) in [5.74, 6) is 2.87. The van der Waals surface area contributed by atoms with Crippen LogP contribution in [0.15, 0.2) is 58.1 Å². The van der Waals surface area contributed by atoms with Gasteiger partial charge >= 0.3 is 0 Å². The van der Waals surface area contributed by atoms with Gasteiger partial charge in [-0.1, -0.05) is 18.2 Å². The second-order valence-corrected chi connectivity index (χ2v) is 7.10. The first-order valence-corrected chi connectivity index (χ1v) is 10.0. The van der Waals surface area contributed by atoms with E-state index in [1.165, 1.54) is 5.69 Å². The van der Waals surface area contributed by atoms with E-state index in [9.17, 15) is 0 Å². The molecule has 2 aromatic heterocycles. The molecular formula is C21H27N7O. The molecule has 1 atom stereocenters. The van der Waals surface area contributed by atoms with Gasteiger partial charge < -0.3 is 20.0 Å². The van der Waals surface area contributed by atoms with Crippen LogP contribution < -0.4 is 15.5 Å². The molecule has 3 aromatic rings. The lowest BCUT2D eigenvalue weighted by atomic mass is 10.1. The van der Waals surface area contributed by atoms with Crippen molar-refractivity contribution in [3.8, 4) is 11.6 Å². The Bertz CT molecular complexity index is 904. The Morgan fingerprint density at radius 3 is 2.97 bits per heavy atom. The van der Waals surface area contributed by atoms with E-state index < -0.39 is 0 Å². The number of rotatable bonds is 6. The minimum atomic E-state index is 0.367. The van der Waals surface area contributed by atoms with Crippen LogP contribution in [-0.4, -0.2) is 53.9 Å². The number of H-pyrrole nitrogens is 1. The van der Waals surface area contributed by atoms with Crippen molar-refractivity contribution in [2.75, 3.05) is 31.6 Å². The molecule has 1 unspecified atom stereocenters. The highest BCUT2D eigenvalue weighted by atomic mass is 16.3. The zero-order valence-corrected chi connectivity index (χ0v) is 16.6. The molecule has 0 aliphatic carbocycles. The van der Waals surface area contributed by atoms with Crippen LogP contribution in [-0.2, 0) is 6.42 Å². The predicted octanol–water partition coefficient (Wildman–Crippen LogP) is 2.44. The van der Waals surface area contributed by atoms with Gasteiger partial charge in [-0.15, -0.1) is 0 Å². The molecule has 0 bridgehead atoms. The van der Waals surface area contributed by atoms with Crippen molar-refractivity contribution < 1.29 is 4.42 Å². The fourth-order valence-corrected chi connectivity index (χ4v) is 3.58. The zero-order valence-electron chi connectivity index (χ0n) is 16.6. The maximum Gasteiger partial charge on any atom is 0.216 e. The first kappa shape index (κ1) is 19.0. The average Bonchev–Trinajstić information content (AvgIpc) is 3.46. The molecule has 3 N–H and O–H groups in total. The molecular weight excluding hydrogens is 366 g/mol. The number of para-hydroxylation sites is 1. The minimum Gasteiger partial charge on any atom is -0.461 e. The van der Waals surface area contributed by atoms with Gasteiger partial charge in [0.25, 0.3) is 0 Å². The van der Waals surface area contributed by atoms with E-state index in [0.29, 0.717) is 24.2 Å². The molecule has 0 saturated carbocycles. The molecule has 8 heteroatoms. The summed E-state index contributed by atoms with van der Waals surface area (Å²) in [6, 6.07) is 14.6. The van der Waals surface area contributed by atoms with Gasteiger partial charge in [-0.25, -0.2) is 4.98 Å². The highest BCUT2D eigenvalue weighted by molar-refractivity contribution is 5.80. The van der Waals surface area contributed by atoms with Gasteiger partial charge in [-0.3, -0.25) is 10.1 Å². The number of guanidine groups is 1. The van der Waals surface area contributed by atoms with Crippen LogP contribution in [0.1, 0.15) is 18.7 Å². The summed E-state index contributed by atoms with van der Waals surface area (Å²) in [5.41, 5.74) is 1.28. The lowest BCUT2D eigenvalue weighted by Gasteiger charge is -2.35. The maximum absolute atomic E-state index is 5.32. The van der Waals surface area contributed by atoms with Crippen LogP contribution in [0.3, 0.4) is 0 Å². The van der Waals surface area contributed by atoms with Crippen molar-refractivity contribution in [3.05, 3.63) is 54.6 Å². The van der Waals surface area contributed by atoms with E-state index >= 15 is 0 Å². The lowest BCUT2D eigenvalue weighted by Crippen LogP contribution is -2.51. The quantitative estimate of drug-likeness (QED) is 0.440. The van der Waals surface area contributed by atoms with Crippen molar-refractivity contribution in [1.82, 2.24) is 25.8 Å². The normalized spacial score (nSPS) is 17.3. The predicted molar refractivity (Wildman–Crippen MR) is 114 cm³/mol. The van der Waals surface area contributed by atoms with Gasteiger partial charge in [0, 0.05) is 44.8 Å². The number of nitrogens with one attached hydrogen (secondary N) is 3. The monoisotopic (exact) mass is 393 g/mol. The third-order valence-electron chi connectivity index (χ3n) is 5.03. The molecule has 0 radical (unpaired) electrons. The summed E-state index contributed by atoms with van der Waals surface area (Å²) in [6.45, 7) is 2.78. The van der Waals surface area contributed by atoms with Crippen molar-refractivity contribution in [2.24, 2.45) is 4.99 Å². The first-order chi connectivity index (χ1) is 14.3. The topological polar surface area (TPSA) is 94.4 Å². The van der Waals surface area contributed by atoms with E-state index in [1.54, 1.807) is 13.3 Å². The number of aromatic amines is 1. The van der Waals surface area contributed by atoms with E-state index in [0.717, 1.165) is 44.1 Å². The number of piperidine rings is 1. The number of furan rings is 1. The second-order valence-electron chi connectivity index (χ2n) is 7.10. The Morgan fingerprint density at radius 1 is 1.28 bits per heavy atom. The number of hydrogen-bond donors (Lipinski definition) is 3. The summed E-state index contributed by atoms with van der Waals surface area (Å²) in [7, 11) is 1.80.